The second-order valence-electron chi connectivity index (χ2n) is 8.93. The zero-order chi connectivity index (χ0) is 25.2. The van der Waals surface area contributed by atoms with Gasteiger partial charge in [-0.2, -0.15) is 0 Å². The molecule has 1 amide bonds. The van der Waals surface area contributed by atoms with E-state index in [2.05, 4.69) is 47.6 Å². The van der Waals surface area contributed by atoms with E-state index in [9.17, 15) is 4.79 Å². The van der Waals surface area contributed by atoms with Crippen molar-refractivity contribution in [2.24, 2.45) is 0 Å². The maximum atomic E-state index is 13.0. The van der Waals surface area contributed by atoms with Crippen LogP contribution in [0.2, 0.25) is 0 Å². The van der Waals surface area contributed by atoms with Gasteiger partial charge in [-0.15, -0.1) is 0 Å². The molecule has 0 saturated carbocycles. The van der Waals surface area contributed by atoms with Crippen molar-refractivity contribution in [2.45, 2.75) is 27.7 Å². The highest BCUT2D eigenvalue weighted by molar-refractivity contribution is 6.06. The van der Waals surface area contributed by atoms with Gasteiger partial charge in [0.1, 0.15) is 11.3 Å². The molecule has 0 aliphatic carbocycles. The number of allylic oxidation sites excluding steroid dienone is 1. The molecule has 0 aliphatic rings. The number of carbonyl (C=O) groups excluding carboxylic acids is 1. The first-order valence-electron chi connectivity index (χ1n) is 12.0. The number of hydrogen-bond donors (Lipinski definition) is 1. The number of furan rings is 1. The van der Waals surface area contributed by atoms with Crippen LogP contribution in [0.4, 0.5) is 5.69 Å². The molecule has 3 aromatic carbocycles. The number of hydrogen-bond acceptors (Lipinski definition) is 4. The van der Waals surface area contributed by atoms with Gasteiger partial charge in [-0.25, -0.2) is 0 Å². The van der Waals surface area contributed by atoms with E-state index in [0.717, 1.165) is 61.1 Å². The lowest BCUT2D eigenvalue weighted by Crippen LogP contribution is -2.09. The SMILES string of the molecule is CCOc1c(/C(C)=C/C(=O)Nc2ccc3ncccc3c2)cc2c(-c3ccc(C)cc3)coc2c1C. The third kappa shape index (κ3) is 4.48. The minimum Gasteiger partial charge on any atom is -0.493 e. The maximum Gasteiger partial charge on any atom is 0.248 e. The lowest BCUT2D eigenvalue weighted by molar-refractivity contribution is -0.111. The Bertz CT molecular complexity index is 1610. The van der Waals surface area contributed by atoms with Crippen molar-refractivity contribution in [3.63, 3.8) is 0 Å². The van der Waals surface area contributed by atoms with E-state index in [1.807, 2.05) is 51.1 Å². The van der Waals surface area contributed by atoms with Crippen molar-refractivity contribution in [2.75, 3.05) is 11.9 Å². The Kier molecular flexibility index (Phi) is 6.30. The Morgan fingerprint density at radius 3 is 2.67 bits per heavy atom. The van der Waals surface area contributed by atoms with Crippen molar-refractivity contribution in [1.29, 1.82) is 0 Å². The summed E-state index contributed by atoms with van der Waals surface area (Å²) < 4.78 is 12.0. The molecule has 0 radical (unpaired) electrons. The molecule has 180 valence electrons. The molecule has 0 spiro atoms. The van der Waals surface area contributed by atoms with Gasteiger partial charge in [0.15, 0.2) is 0 Å². The fourth-order valence-electron chi connectivity index (χ4n) is 4.50. The summed E-state index contributed by atoms with van der Waals surface area (Å²) in [6.45, 7) is 8.46. The molecule has 0 saturated heterocycles. The predicted octanol–water partition coefficient (Wildman–Crippen LogP) is 7.71. The second-order valence-corrected chi connectivity index (χ2v) is 8.93. The molecule has 0 bridgehead atoms. The van der Waals surface area contributed by atoms with Crippen LogP contribution in [-0.2, 0) is 4.79 Å². The average Bonchev–Trinajstić information content (AvgIpc) is 3.30. The van der Waals surface area contributed by atoms with Crippen molar-refractivity contribution < 1.29 is 13.9 Å². The molecular weight excluding hydrogens is 448 g/mol. The minimum atomic E-state index is -0.207. The van der Waals surface area contributed by atoms with Gasteiger partial charge >= 0.3 is 0 Å². The number of aryl methyl sites for hydroxylation is 2. The van der Waals surface area contributed by atoms with Crippen LogP contribution in [0.3, 0.4) is 0 Å². The van der Waals surface area contributed by atoms with E-state index in [1.165, 1.54) is 5.56 Å². The van der Waals surface area contributed by atoms with Crippen LogP contribution in [0, 0.1) is 13.8 Å². The van der Waals surface area contributed by atoms with Crippen LogP contribution in [0.5, 0.6) is 5.75 Å². The predicted molar refractivity (Wildman–Crippen MR) is 146 cm³/mol. The van der Waals surface area contributed by atoms with Crippen LogP contribution in [-0.4, -0.2) is 17.5 Å². The molecular formula is C31H28N2O3. The highest BCUT2D eigenvalue weighted by Gasteiger charge is 2.19. The smallest absolute Gasteiger partial charge is 0.248 e. The molecule has 0 aliphatic heterocycles. The maximum absolute atomic E-state index is 13.0. The van der Waals surface area contributed by atoms with Gasteiger partial charge in [0.05, 0.1) is 18.4 Å². The zero-order valence-corrected chi connectivity index (χ0v) is 20.9. The summed E-state index contributed by atoms with van der Waals surface area (Å²) >= 11 is 0. The Balaban J connectivity index is 1.53. The van der Waals surface area contributed by atoms with Gasteiger partial charge in [0.25, 0.3) is 0 Å². The number of aromatic nitrogens is 1. The largest absolute Gasteiger partial charge is 0.493 e. The number of nitrogens with zero attached hydrogens (tertiary/aromatic N) is 1. The Morgan fingerprint density at radius 2 is 1.89 bits per heavy atom. The van der Waals surface area contributed by atoms with E-state index < -0.39 is 0 Å². The molecule has 0 fully saturated rings. The van der Waals surface area contributed by atoms with Crippen LogP contribution < -0.4 is 10.1 Å². The molecule has 5 nitrogen and oxygen atoms in total. The monoisotopic (exact) mass is 476 g/mol. The molecule has 36 heavy (non-hydrogen) atoms. The molecule has 0 atom stereocenters. The first-order chi connectivity index (χ1) is 17.4. The van der Waals surface area contributed by atoms with Crippen molar-refractivity contribution in [1.82, 2.24) is 4.98 Å². The summed E-state index contributed by atoms with van der Waals surface area (Å²) in [6.07, 6.45) is 5.16. The van der Waals surface area contributed by atoms with Crippen molar-refractivity contribution in [3.8, 4) is 16.9 Å². The summed E-state index contributed by atoms with van der Waals surface area (Å²) in [5, 5.41) is 4.94. The Hall–Kier alpha value is -4.38. The zero-order valence-electron chi connectivity index (χ0n) is 20.9. The van der Waals surface area contributed by atoms with Crippen molar-refractivity contribution >= 4 is 39.0 Å². The minimum absolute atomic E-state index is 0.207. The second kappa shape index (κ2) is 9.70. The summed E-state index contributed by atoms with van der Waals surface area (Å²) in [6, 6.07) is 20.0. The normalized spacial score (nSPS) is 11.7. The number of benzene rings is 3. The summed E-state index contributed by atoms with van der Waals surface area (Å²) in [4.78, 5) is 17.3. The average molecular weight is 477 g/mol. The topological polar surface area (TPSA) is 64.4 Å². The summed E-state index contributed by atoms with van der Waals surface area (Å²) in [7, 11) is 0. The summed E-state index contributed by atoms with van der Waals surface area (Å²) in [5.41, 5.74) is 8.29. The number of nitrogens with one attached hydrogen (secondary N) is 1. The summed E-state index contributed by atoms with van der Waals surface area (Å²) in [5.74, 6) is 0.523. The van der Waals surface area contributed by atoms with E-state index in [0.29, 0.717) is 6.61 Å². The number of carbonyl (C=O) groups is 1. The van der Waals surface area contributed by atoms with Gasteiger partial charge in [-0.3, -0.25) is 9.78 Å². The number of ether oxygens (including phenoxy) is 1. The van der Waals surface area contributed by atoms with E-state index in [4.69, 9.17) is 9.15 Å². The fourth-order valence-corrected chi connectivity index (χ4v) is 4.50. The number of anilines is 1. The highest BCUT2D eigenvalue weighted by Crippen LogP contribution is 2.40. The van der Waals surface area contributed by atoms with Crippen LogP contribution in [0.25, 0.3) is 38.6 Å². The lowest BCUT2D eigenvalue weighted by atomic mass is 9.96. The highest BCUT2D eigenvalue weighted by atomic mass is 16.5. The number of pyridine rings is 1. The number of rotatable bonds is 6. The first-order valence-corrected chi connectivity index (χ1v) is 12.0. The molecule has 1 N–H and O–H groups in total. The van der Waals surface area contributed by atoms with Gasteiger partial charge in [0.2, 0.25) is 5.91 Å². The Morgan fingerprint density at radius 1 is 1.08 bits per heavy atom. The number of fused-ring (bicyclic) bond motifs is 2. The van der Waals surface area contributed by atoms with E-state index in [-0.39, 0.29) is 5.91 Å². The van der Waals surface area contributed by atoms with Crippen LogP contribution >= 0.6 is 0 Å². The third-order valence-electron chi connectivity index (χ3n) is 6.34. The molecule has 5 aromatic rings. The molecule has 2 aromatic heterocycles. The lowest BCUT2D eigenvalue weighted by Gasteiger charge is -2.15. The Labute approximate surface area is 210 Å². The molecule has 5 heteroatoms. The molecule has 5 rings (SSSR count). The third-order valence-corrected chi connectivity index (χ3v) is 6.34. The van der Waals surface area contributed by atoms with Gasteiger partial charge in [-0.1, -0.05) is 35.9 Å². The quantitative estimate of drug-likeness (QED) is 0.255. The molecule has 2 heterocycles. The standard InChI is InChI=1S/C31H28N2O3/c1-5-35-30-21(4)31-26(27(18-36-31)22-10-8-19(2)9-11-22)17-25(30)20(3)15-29(34)33-24-12-13-28-23(16-24)7-6-14-32-28/h6-18H,5H2,1-4H3,(H,33,34)/b20-15+. The number of amides is 1. The van der Waals surface area contributed by atoms with Crippen molar-refractivity contribution in [3.05, 3.63) is 95.9 Å². The van der Waals surface area contributed by atoms with Gasteiger partial charge < -0.3 is 14.5 Å². The van der Waals surface area contributed by atoms with Crippen LogP contribution in [0.15, 0.2) is 83.6 Å². The fraction of sp³-hybridized carbons (Fsp3) is 0.161. The van der Waals surface area contributed by atoms with E-state index >= 15 is 0 Å². The van der Waals surface area contributed by atoms with Crippen LogP contribution in [0.1, 0.15) is 30.5 Å². The van der Waals surface area contributed by atoms with E-state index in [1.54, 1.807) is 18.5 Å². The van der Waals surface area contributed by atoms with Gasteiger partial charge in [-0.05, 0) is 69.2 Å². The first kappa shape index (κ1) is 23.4. The molecule has 0 unspecified atom stereocenters. The van der Waals surface area contributed by atoms with Gasteiger partial charge in [0, 0.05) is 45.4 Å².